The molecule has 0 aliphatic heterocycles. The summed E-state index contributed by atoms with van der Waals surface area (Å²) in [5.41, 5.74) is 2.34. The molecule has 0 saturated carbocycles. The quantitative estimate of drug-likeness (QED) is 0.361. The second-order valence-electron chi connectivity index (χ2n) is 6.07. The van der Waals surface area contributed by atoms with Gasteiger partial charge in [0.25, 0.3) is 0 Å². The first kappa shape index (κ1) is 17.6. The number of ether oxygens (including phenoxy) is 1. The Balaban J connectivity index is 1.77. The lowest BCUT2D eigenvalue weighted by molar-refractivity contribution is -0.148. The molecule has 0 radical (unpaired) electrons. The Kier molecular flexibility index (Phi) is 5.94. The van der Waals surface area contributed by atoms with Gasteiger partial charge in [-0.2, -0.15) is 0 Å². The minimum atomic E-state index is -0.858. The normalized spacial score (nSPS) is 11.5. The molecule has 0 spiro atoms. The lowest BCUT2D eigenvalue weighted by Gasteiger charge is -2.15. The molecule has 3 heteroatoms. The van der Waals surface area contributed by atoms with E-state index in [2.05, 4.69) is 0 Å². The predicted molar refractivity (Wildman–Crippen MR) is 101 cm³/mol. The first-order valence-electron chi connectivity index (χ1n) is 8.58. The molecule has 0 saturated heterocycles. The third-order valence-corrected chi connectivity index (χ3v) is 4.17. The van der Waals surface area contributed by atoms with Crippen LogP contribution in [0.2, 0.25) is 0 Å². The average Bonchev–Trinajstić information content (AvgIpc) is 2.72. The predicted octanol–water partition coefficient (Wildman–Crippen LogP) is 4.47. The molecule has 0 aliphatic carbocycles. The van der Waals surface area contributed by atoms with Crippen LogP contribution in [0, 0.1) is 5.92 Å². The molecule has 1 atom stereocenters. The molecule has 0 fully saturated rings. The van der Waals surface area contributed by atoms with Crippen LogP contribution in [-0.2, 0) is 22.6 Å². The number of hydrogen-bond acceptors (Lipinski definition) is 3. The zero-order valence-corrected chi connectivity index (χ0v) is 14.4. The van der Waals surface area contributed by atoms with Crippen LogP contribution in [0.25, 0.3) is 0 Å². The highest BCUT2D eigenvalue weighted by atomic mass is 16.5. The minimum absolute atomic E-state index is 0.160. The van der Waals surface area contributed by atoms with E-state index in [1.165, 1.54) is 0 Å². The summed E-state index contributed by atoms with van der Waals surface area (Å²) in [5, 5.41) is 0. The van der Waals surface area contributed by atoms with Gasteiger partial charge in [0, 0.05) is 5.56 Å². The van der Waals surface area contributed by atoms with Crippen molar-refractivity contribution in [2.24, 2.45) is 5.92 Å². The molecule has 0 amide bonds. The number of benzene rings is 3. The minimum Gasteiger partial charge on any atom is -0.460 e. The van der Waals surface area contributed by atoms with Crippen molar-refractivity contribution in [3.63, 3.8) is 0 Å². The number of hydrogen-bond donors (Lipinski definition) is 0. The maximum Gasteiger partial charge on any atom is 0.317 e. The fraction of sp³-hybridized carbons (Fsp3) is 0.130. The van der Waals surface area contributed by atoms with E-state index in [9.17, 15) is 9.59 Å². The van der Waals surface area contributed by atoms with Crippen molar-refractivity contribution in [3.8, 4) is 0 Å². The van der Waals surface area contributed by atoms with E-state index in [4.69, 9.17) is 4.74 Å². The highest BCUT2D eigenvalue weighted by Crippen LogP contribution is 2.17. The van der Waals surface area contributed by atoms with E-state index in [0.717, 1.165) is 11.1 Å². The topological polar surface area (TPSA) is 43.4 Å². The van der Waals surface area contributed by atoms with Gasteiger partial charge in [-0.05, 0) is 17.5 Å². The summed E-state index contributed by atoms with van der Waals surface area (Å²) in [6.07, 6.45) is 0.322. The van der Waals surface area contributed by atoms with E-state index in [0.29, 0.717) is 12.0 Å². The van der Waals surface area contributed by atoms with E-state index < -0.39 is 11.9 Å². The molecule has 130 valence electrons. The van der Waals surface area contributed by atoms with Crippen LogP contribution in [0.4, 0.5) is 0 Å². The summed E-state index contributed by atoms with van der Waals surface area (Å²) in [4.78, 5) is 25.6. The van der Waals surface area contributed by atoms with E-state index in [-0.39, 0.29) is 12.4 Å². The van der Waals surface area contributed by atoms with Gasteiger partial charge in [-0.1, -0.05) is 91.0 Å². The molecule has 0 heterocycles. The molecular formula is C23H20O3. The van der Waals surface area contributed by atoms with Crippen LogP contribution in [0.15, 0.2) is 91.0 Å². The third-order valence-electron chi connectivity index (χ3n) is 4.17. The Labute approximate surface area is 153 Å². The number of ketones is 1. The van der Waals surface area contributed by atoms with Crippen LogP contribution >= 0.6 is 0 Å². The van der Waals surface area contributed by atoms with Crippen molar-refractivity contribution < 1.29 is 14.3 Å². The average molecular weight is 344 g/mol. The fourth-order valence-electron chi connectivity index (χ4n) is 2.77. The highest BCUT2D eigenvalue weighted by Gasteiger charge is 2.29. The molecule has 3 rings (SSSR count). The van der Waals surface area contributed by atoms with Crippen LogP contribution in [0.3, 0.4) is 0 Å². The summed E-state index contributed by atoms with van der Waals surface area (Å²) in [7, 11) is 0. The largest absolute Gasteiger partial charge is 0.460 e. The van der Waals surface area contributed by atoms with Crippen LogP contribution < -0.4 is 0 Å². The van der Waals surface area contributed by atoms with Gasteiger partial charge in [-0.3, -0.25) is 9.59 Å². The van der Waals surface area contributed by atoms with Gasteiger partial charge in [0.15, 0.2) is 5.78 Å². The Morgan fingerprint density at radius 1 is 0.692 bits per heavy atom. The van der Waals surface area contributed by atoms with E-state index in [1.807, 2.05) is 66.7 Å². The van der Waals surface area contributed by atoms with Gasteiger partial charge in [0.1, 0.15) is 12.5 Å². The molecule has 0 bridgehead atoms. The monoisotopic (exact) mass is 344 g/mol. The van der Waals surface area contributed by atoms with Gasteiger partial charge < -0.3 is 4.74 Å². The highest BCUT2D eigenvalue weighted by molar-refractivity contribution is 6.08. The standard InChI is InChI=1S/C23H20O3/c24-22(20-14-8-3-9-15-20)21(16-18-10-4-1-5-11-18)23(25)26-17-19-12-6-2-7-13-19/h1-15,21H,16-17H2. The summed E-state index contributed by atoms with van der Waals surface area (Å²) in [6.45, 7) is 0.160. The van der Waals surface area contributed by atoms with Crippen molar-refractivity contribution >= 4 is 11.8 Å². The fourth-order valence-corrected chi connectivity index (χ4v) is 2.77. The summed E-state index contributed by atoms with van der Waals surface area (Å²) >= 11 is 0. The summed E-state index contributed by atoms with van der Waals surface area (Å²) in [6, 6.07) is 27.9. The molecular weight excluding hydrogens is 324 g/mol. The number of Topliss-reactive ketones (excluding diaryl/α,β-unsaturated/α-hetero) is 1. The number of esters is 1. The van der Waals surface area contributed by atoms with Gasteiger partial charge in [0.2, 0.25) is 0 Å². The lowest BCUT2D eigenvalue weighted by Crippen LogP contribution is -2.28. The molecule has 3 nitrogen and oxygen atoms in total. The molecule has 1 unspecified atom stereocenters. The third kappa shape index (κ3) is 4.67. The van der Waals surface area contributed by atoms with Crippen LogP contribution in [0.5, 0.6) is 0 Å². The molecule has 3 aromatic rings. The summed E-state index contributed by atoms with van der Waals surface area (Å²) < 4.78 is 5.45. The maximum absolute atomic E-state index is 12.9. The molecule has 3 aromatic carbocycles. The van der Waals surface area contributed by atoms with Crippen molar-refractivity contribution in [2.45, 2.75) is 13.0 Å². The number of rotatable bonds is 7. The van der Waals surface area contributed by atoms with Crippen molar-refractivity contribution in [1.29, 1.82) is 0 Å². The number of carbonyl (C=O) groups is 2. The second-order valence-corrected chi connectivity index (χ2v) is 6.07. The maximum atomic E-state index is 12.9. The van der Waals surface area contributed by atoms with Crippen LogP contribution in [0.1, 0.15) is 21.5 Å². The molecule has 26 heavy (non-hydrogen) atoms. The molecule has 0 aliphatic rings. The Morgan fingerprint density at radius 3 is 1.77 bits per heavy atom. The Bertz CT molecular complexity index is 842. The van der Waals surface area contributed by atoms with Crippen molar-refractivity contribution in [1.82, 2.24) is 0 Å². The van der Waals surface area contributed by atoms with Crippen LogP contribution in [-0.4, -0.2) is 11.8 Å². The second kappa shape index (κ2) is 8.77. The van der Waals surface area contributed by atoms with E-state index >= 15 is 0 Å². The molecule has 0 N–H and O–H groups in total. The van der Waals surface area contributed by atoms with E-state index in [1.54, 1.807) is 24.3 Å². The smallest absolute Gasteiger partial charge is 0.317 e. The molecule has 0 aromatic heterocycles. The van der Waals surface area contributed by atoms with Gasteiger partial charge in [-0.15, -0.1) is 0 Å². The zero-order chi connectivity index (χ0) is 18.2. The summed E-state index contributed by atoms with van der Waals surface area (Å²) in [5.74, 6) is -1.57. The Morgan fingerprint density at radius 2 is 1.19 bits per heavy atom. The number of carbonyl (C=O) groups excluding carboxylic acids is 2. The first-order chi connectivity index (χ1) is 12.7. The Hall–Kier alpha value is -3.20. The lowest BCUT2D eigenvalue weighted by atomic mass is 9.91. The van der Waals surface area contributed by atoms with Crippen molar-refractivity contribution in [3.05, 3.63) is 108 Å². The van der Waals surface area contributed by atoms with Crippen molar-refractivity contribution in [2.75, 3.05) is 0 Å². The zero-order valence-electron chi connectivity index (χ0n) is 14.4. The van der Waals surface area contributed by atoms with Gasteiger partial charge >= 0.3 is 5.97 Å². The van der Waals surface area contributed by atoms with Gasteiger partial charge in [0.05, 0.1) is 0 Å². The van der Waals surface area contributed by atoms with Gasteiger partial charge in [-0.25, -0.2) is 0 Å². The first-order valence-corrected chi connectivity index (χ1v) is 8.58. The SMILES string of the molecule is O=C(OCc1ccccc1)C(Cc1ccccc1)C(=O)c1ccccc1.